The van der Waals surface area contributed by atoms with Gasteiger partial charge in [0.25, 0.3) is 0 Å². The van der Waals surface area contributed by atoms with Crippen LogP contribution in [-0.2, 0) is 13.0 Å². The number of thioether (sulfide) groups is 1. The molecule has 0 spiro atoms. The number of aryl methyl sites for hydroxylation is 1. The van der Waals surface area contributed by atoms with Gasteiger partial charge in [0.2, 0.25) is 0 Å². The van der Waals surface area contributed by atoms with Crippen LogP contribution in [-0.4, -0.2) is 40.9 Å². The number of guanidine groups is 1. The summed E-state index contributed by atoms with van der Waals surface area (Å²) in [4.78, 5) is 8.97. The molecule has 6 heteroatoms. The Labute approximate surface area is 105 Å². The lowest BCUT2D eigenvalue weighted by Gasteiger charge is -2.15. The van der Waals surface area contributed by atoms with Gasteiger partial charge in [-0.05, 0) is 6.42 Å². The van der Waals surface area contributed by atoms with Gasteiger partial charge in [-0.25, -0.2) is 4.98 Å². The van der Waals surface area contributed by atoms with Gasteiger partial charge in [-0.15, -0.1) is 0 Å². The fourth-order valence-corrected chi connectivity index (χ4v) is 3.00. The largest absolute Gasteiger partial charge is 0.356 e. The van der Waals surface area contributed by atoms with Crippen molar-refractivity contribution in [2.45, 2.75) is 24.5 Å². The molecule has 0 aliphatic carbocycles. The second-order valence-corrected chi connectivity index (χ2v) is 5.31. The van der Waals surface area contributed by atoms with E-state index in [-0.39, 0.29) is 0 Å². The van der Waals surface area contributed by atoms with Crippen LogP contribution in [0.3, 0.4) is 0 Å². The summed E-state index contributed by atoms with van der Waals surface area (Å²) < 4.78 is 2.25. The van der Waals surface area contributed by atoms with Gasteiger partial charge in [0.1, 0.15) is 0 Å². The molecule has 0 bridgehead atoms. The number of aromatic nitrogens is 2. The van der Waals surface area contributed by atoms with Crippen molar-refractivity contribution in [1.82, 2.24) is 20.2 Å². The normalized spacial score (nSPS) is 18.5. The molecule has 0 saturated heterocycles. The van der Waals surface area contributed by atoms with E-state index in [1.165, 1.54) is 16.6 Å². The summed E-state index contributed by atoms with van der Waals surface area (Å²) in [5.74, 6) is 2.11. The highest BCUT2D eigenvalue weighted by atomic mass is 32.2. The lowest BCUT2D eigenvalue weighted by atomic mass is 10.3. The maximum atomic E-state index is 4.60. The van der Waals surface area contributed by atoms with Crippen molar-refractivity contribution < 1.29 is 0 Å². The molecule has 1 aromatic heterocycles. The highest BCUT2D eigenvalue weighted by molar-refractivity contribution is 7.99. The van der Waals surface area contributed by atoms with Gasteiger partial charge >= 0.3 is 0 Å². The van der Waals surface area contributed by atoms with Gasteiger partial charge in [-0.2, -0.15) is 0 Å². The van der Waals surface area contributed by atoms with Crippen molar-refractivity contribution in [3.63, 3.8) is 0 Å². The first-order valence-electron chi connectivity index (χ1n) is 6.13. The molecule has 1 aromatic rings. The van der Waals surface area contributed by atoms with Crippen LogP contribution in [0.5, 0.6) is 0 Å². The van der Waals surface area contributed by atoms with E-state index in [0.29, 0.717) is 0 Å². The van der Waals surface area contributed by atoms with Crippen LogP contribution in [0.25, 0.3) is 0 Å². The molecule has 5 nitrogen and oxygen atoms in total. The number of aliphatic imine (C=N–C) groups is 1. The standard InChI is InChI=1S/C11H17N5S/c1-3-12-10(13-4-1)14-5-2-9-8-16-6-7-17-11(16)15-9/h8H,1-7H2,(H2,12,13,14). The van der Waals surface area contributed by atoms with E-state index < -0.39 is 0 Å². The predicted octanol–water partition coefficient (Wildman–Crippen LogP) is 0.470. The second kappa shape index (κ2) is 5.00. The Morgan fingerprint density at radius 1 is 1.53 bits per heavy atom. The molecule has 17 heavy (non-hydrogen) atoms. The van der Waals surface area contributed by atoms with Crippen molar-refractivity contribution in [2.75, 3.05) is 25.4 Å². The molecule has 0 unspecified atom stereocenters. The Hall–Kier alpha value is -1.17. The number of imidazole rings is 1. The summed E-state index contributed by atoms with van der Waals surface area (Å²) in [6.45, 7) is 3.97. The van der Waals surface area contributed by atoms with Crippen LogP contribution in [0.1, 0.15) is 12.1 Å². The van der Waals surface area contributed by atoms with Crippen molar-refractivity contribution in [2.24, 2.45) is 4.99 Å². The first-order chi connectivity index (χ1) is 8.42. The van der Waals surface area contributed by atoms with Gasteiger partial charge in [-0.1, -0.05) is 11.8 Å². The Balaban J connectivity index is 1.48. The Morgan fingerprint density at radius 3 is 3.35 bits per heavy atom. The van der Waals surface area contributed by atoms with Gasteiger partial charge < -0.3 is 15.2 Å². The quantitative estimate of drug-likeness (QED) is 0.820. The molecule has 0 amide bonds. The van der Waals surface area contributed by atoms with E-state index in [0.717, 1.165) is 45.0 Å². The third kappa shape index (κ3) is 2.57. The maximum absolute atomic E-state index is 4.60. The molecular weight excluding hydrogens is 234 g/mol. The van der Waals surface area contributed by atoms with Gasteiger partial charge in [0, 0.05) is 44.5 Å². The first kappa shape index (κ1) is 11.0. The predicted molar refractivity (Wildman–Crippen MR) is 69.6 cm³/mol. The first-order valence-corrected chi connectivity index (χ1v) is 7.11. The molecule has 2 aliphatic heterocycles. The van der Waals surface area contributed by atoms with Gasteiger partial charge in [0.05, 0.1) is 5.69 Å². The van der Waals surface area contributed by atoms with Crippen molar-refractivity contribution >= 4 is 17.7 Å². The molecule has 2 aliphatic rings. The van der Waals surface area contributed by atoms with Crippen molar-refractivity contribution in [1.29, 1.82) is 0 Å². The SMILES string of the molecule is c1c(CCNC2=NCCCN2)nc2n1CCS2. The molecule has 3 heterocycles. The lowest BCUT2D eigenvalue weighted by Crippen LogP contribution is -2.41. The summed E-state index contributed by atoms with van der Waals surface area (Å²) in [6, 6.07) is 0. The third-order valence-electron chi connectivity index (χ3n) is 2.92. The molecule has 0 saturated carbocycles. The van der Waals surface area contributed by atoms with Crippen LogP contribution in [0.4, 0.5) is 0 Å². The van der Waals surface area contributed by atoms with Crippen molar-refractivity contribution in [3.8, 4) is 0 Å². The fraction of sp³-hybridized carbons (Fsp3) is 0.636. The molecule has 0 aromatic carbocycles. The Morgan fingerprint density at radius 2 is 2.53 bits per heavy atom. The average Bonchev–Trinajstić information content (AvgIpc) is 2.91. The summed E-state index contributed by atoms with van der Waals surface area (Å²) in [5.41, 5.74) is 1.18. The number of rotatable bonds is 3. The second-order valence-electron chi connectivity index (χ2n) is 4.24. The Bertz CT molecular complexity index is 404. The smallest absolute Gasteiger partial charge is 0.191 e. The maximum Gasteiger partial charge on any atom is 0.191 e. The molecular formula is C11H17N5S. The topological polar surface area (TPSA) is 54.2 Å². The summed E-state index contributed by atoms with van der Waals surface area (Å²) >= 11 is 1.85. The molecule has 0 fully saturated rings. The number of nitrogens with one attached hydrogen (secondary N) is 2. The van der Waals surface area contributed by atoms with Gasteiger partial charge in [0.15, 0.2) is 11.1 Å². The minimum Gasteiger partial charge on any atom is -0.356 e. The van der Waals surface area contributed by atoms with E-state index in [9.17, 15) is 0 Å². The molecule has 0 radical (unpaired) electrons. The van der Waals surface area contributed by atoms with E-state index in [4.69, 9.17) is 0 Å². The molecule has 2 N–H and O–H groups in total. The zero-order valence-electron chi connectivity index (χ0n) is 9.78. The number of nitrogens with zero attached hydrogens (tertiary/aromatic N) is 3. The highest BCUT2D eigenvalue weighted by Crippen LogP contribution is 2.24. The van der Waals surface area contributed by atoms with Crippen molar-refractivity contribution in [3.05, 3.63) is 11.9 Å². The monoisotopic (exact) mass is 251 g/mol. The number of fused-ring (bicyclic) bond motifs is 1. The van der Waals surface area contributed by atoms with Crippen LogP contribution < -0.4 is 10.6 Å². The zero-order chi connectivity index (χ0) is 11.5. The number of hydrogen-bond acceptors (Lipinski definition) is 5. The summed E-state index contributed by atoms with van der Waals surface area (Å²) in [5, 5.41) is 7.75. The minimum atomic E-state index is 0.896. The van der Waals surface area contributed by atoms with E-state index >= 15 is 0 Å². The summed E-state index contributed by atoms with van der Waals surface area (Å²) in [7, 11) is 0. The minimum absolute atomic E-state index is 0.896. The van der Waals surface area contributed by atoms with Gasteiger partial charge in [-0.3, -0.25) is 4.99 Å². The highest BCUT2D eigenvalue weighted by Gasteiger charge is 2.14. The van der Waals surface area contributed by atoms with E-state index in [1.54, 1.807) is 0 Å². The number of hydrogen-bond donors (Lipinski definition) is 2. The fourth-order valence-electron chi connectivity index (χ4n) is 2.04. The zero-order valence-corrected chi connectivity index (χ0v) is 10.6. The molecule has 3 rings (SSSR count). The molecule has 92 valence electrons. The van der Waals surface area contributed by atoms with E-state index in [1.807, 2.05) is 11.8 Å². The van der Waals surface area contributed by atoms with E-state index in [2.05, 4.69) is 31.4 Å². The lowest BCUT2D eigenvalue weighted by molar-refractivity contribution is 0.698. The third-order valence-corrected chi connectivity index (χ3v) is 3.89. The Kier molecular flexibility index (Phi) is 3.22. The average molecular weight is 251 g/mol. The summed E-state index contributed by atoms with van der Waals surface area (Å²) in [6.07, 6.45) is 4.27. The van der Waals surface area contributed by atoms with Crippen LogP contribution in [0.15, 0.2) is 16.3 Å². The van der Waals surface area contributed by atoms with Crippen LogP contribution in [0, 0.1) is 0 Å². The molecule has 0 atom stereocenters. The van der Waals surface area contributed by atoms with Crippen LogP contribution in [0.2, 0.25) is 0 Å². The van der Waals surface area contributed by atoms with Crippen LogP contribution >= 0.6 is 11.8 Å².